The second kappa shape index (κ2) is 3.56. The molecule has 0 N–H and O–H groups in total. The summed E-state index contributed by atoms with van der Waals surface area (Å²) in [7, 11) is 0. The van der Waals surface area contributed by atoms with Crippen LogP contribution in [0.1, 0.15) is 16.8 Å². The molecule has 1 aromatic heterocycles. The van der Waals surface area contributed by atoms with Crippen LogP contribution in [0.4, 0.5) is 0 Å². The molecular weight excluding hydrogens is 244 g/mol. The minimum atomic E-state index is 0.190. The van der Waals surface area contributed by atoms with Crippen LogP contribution in [0.5, 0.6) is 5.75 Å². The van der Waals surface area contributed by atoms with Crippen LogP contribution >= 0.6 is 11.3 Å². The first-order valence-corrected chi connectivity index (χ1v) is 6.76. The van der Waals surface area contributed by atoms with E-state index in [2.05, 4.69) is 12.1 Å². The molecule has 18 heavy (non-hydrogen) atoms. The van der Waals surface area contributed by atoms with E-state index in [1.807, 2.05) is 24.3 Å². The zero-order valence-electron chi connectivity index (χ0n) is 9.60. The van der Waals surface area contributed by atoms with Crippen LogP contribution in [-0.4, -0.2) is 12.4 Å². The van der Waals surface area contributed by atoms with Crippen molar-refractivity contribution in [2.75, 3.05) is 6.61 Å². The molecule has 88 valence electrons. The first kappa shape index (κ1) is 10.1. The van der Waals surface area contributed by atoms with Gasteiger partial charge in [-0.3, -0.25) is 4.79 Å². The fourth-order valence-electron chi connectivity index (χ4n) is 2.48. The number of carbonyl (C=O) groups excluding carboxylic acids is 1. The van der Waals surface area contributed by atoms with Crippen molar-refractivity contribution in [1.82, 2.24) is 0 Å². The van der Waals surface area contributed by atoms with Crippen molar-refractivity contribution in [1.29, 1.82) is 0 Å². The molecule has 0 amide bonds. The maximum absolute atomic E-state index is 11.9. The molecule has 0 radical (unpaired) electrons. The Labute approximate surface area is 108 Å². The molecule has 0 aliphatic carbocycles. The van der Waals surface area contributed by atoms with Crippen molar-refractivity contribution in [3.8, 4) is 5.75 Å². The SMILES string of the molecule is O=C1CCOc2cc3c(cc21)sc1ccccc13. The highest BCUT2D eigenvalue weighted by Crippen LogP contribution is 2.38. The number of ether oxygens (including phenoxy) is 1. The monoisotopic (exact) mass is 254 g/mol. The molecule has 3 heteroatoms. The summed E-state index contributed by atoms with van der Waals surface area (Å²) in [6.45, 7) is 0.499. The van der Waals surface area contributed by atoms with E-state index in [4.69, 9.17) is 4.74 Å². The van der Waals surface area contributed by atoms with Crippen LogP contribution in [0.15, 0.2) is 36.4 Å². The number of Topliss-reactive ketones (excluding diaryl/α,β-unsaturated/α-hetero) is 1. The standard InChI is InChI=1S/C15H10O2S/c16-12-5-6-17-13-7-10-9-3-1-2-4-14(9)18-15(10)8-11(12)13/h1-4,7-8H,5-6H2. The van der Waals surface area contributed by atoms with E-state index in [9.17, 15) is 4.79 Å². The largest absolute Gasteiger partial charge is 0.492 e. The van der Waals surface area contributed by atoms with Crippen molar-refractivity contribution >= 4 is 37.3 Å². The molecule has 0 atom stereocenters. The lowest BCUT2D eigenvalue weighted by atomic mass is 10.0. The number of rotatable bonds is 0. The van der Waals surface area contributed by atoms with Crippen molar-refractivity contribution in [2.24, 2.45) is 0 Å². The Balaban J connectivity index is 2.13. The fourth-order valence-corrected chi connectivity index (χ4v) is 3.60. The quantitative estimate of drug-likeness (QED) is 0.605. The summed E-state index contributed by atoms with van der Waals surface area (Å²) < 4.78 is 8.02. The van der Waals surface area contributed by atoms with Gasteiger partial charge in [-0.15, -0.1) is 11.3 Å². The Kier molecular flexibility index (Phi) is 2.00. The molecule has 0 unspecified atom stereocenters. The molecule has 0 saturated heterocycles. The lowest BCUT2D eigenvalue weighted by molar-refractivity contribution is 0.0934. The van der Waals surface area contributed by atoms with Crippen LogP contribution < -0.4 is 4.74 Å². The van der Waals surface area contributed by atoms with Crippen molar-refractivity contribution in [3.05, 3.63) is 42.0 Å². The molecule has 0 bridgehead atoms. The van der Waals surface area contributed by atoms with Crippen LogP contribution in [0, 0.1) is 0 Å². The highest BCUT2D eigenvalue weighted by atomic mass is 32.1. The Hall–Kier alpha value is -1.87. The van der Waals surface area contributed by atoms with Gasteiger partial charge in [0.25, 0.3) is 0 Å². The number of hydrogen-bond acceptors (Lipinski definition) is 3. The van der Waals surface area contributed by atoms with Crippen LogP contribution in [0.25, 0.3) is 20.2 Å². The normalized spacial score (nSPS) is 14.8. The molecule has 0 fully saturated rings. The van der Waals surface area contributed by atoms with Crippen molar-refractivity contribution in [3.63, 3.8) is 0 Å². The Morgan fingerprint density at radius 1 is 1.06 bits per heavy atom. The summed E-state index contributed by atoms with van der Waals surface area (Å²) in [6.07, 6.45) is 0.489. The van der Waals surface area contributed by atoms with E-state index in [0.29, 0.717) is 13.0 Å². The van der Waals surface area contributed by atoms with Gasteiger partial charge in [0, 0.05) is 26.6 Å². The smallest absolute Gasteiger partial charge is 0.170 e. The second-order valence-electron chi connectivity index (χ2n) is 4.46. The predicted octanol–water partition coefficient (Wildman–Crippen LogP) is 4.02. The summed E-state index contributed by atoms with van der Waals surface area (Å²) in [6, 6.07) is 12.3. The summed E-state index contributed by atoms with van der Waals surface area (Å²) in [5.41, 5.74) is 0.736. The van der Waals surface area contributed by atoms with Gasteiger partial charge in [0.2, 0.25) is 0 Å². The molecule has 4 rings (SSSR count). The predicted molar refractivity (Wildman–Crippen MR) is 73.8 cm³/mol. The molecule has 2 heterocycles. The van der Waals surface area contributed by atoms with Gasteiger partial charge in [-0.1, -0.05) is 18.2 Å². The average Bonchev–Trinajstić information content (AvgIpc) is 2.75. The van der Waals surface area contributed by atoms with Gasteiger partial charge >= 0.3 is 0 Å². The van der Waals surface area contributed by atoms with Gasteiger partial charge in [0.15, 0.2) is 5.78 Å². The topological polar surface area (TPSA) is 26.3 Å². The fraction of sp³-hybridized carbons (Fsp3) is 0.133. The molecule has 1 aliphatic rings. The van der Waals surface area contributed by atoms with E-state index in [0.717, 1.165) is 16.0 Å². The van der Waals surface area contributed by atoms with Crippen LogP contribution in [-0.2, 0) is 0 Å². The molecule has 3 aromatic rings. The van der Waals surface area contributed by atoms with Crippen LogP contribution in [0.2, 0.25) is 0 Å². The van der Waals surface area contributed by atoms with Gasteiger partial charge in [-0.25, -0.2) is 0 Å². The maximum Gasteiger partial charge on any atom is 0.170 e. The average molecular weight is 254 g/mol. The molecule has 1 aliphatic heterocycles. The summed E-state index contributed by atoms with van der Waals surface area (Å²) in [4.78, 5) is 11.9. The van der Waals surface area contributed by atoms with Gasteiger partial charge in [-0.2, -0.15) is 0 Å². The molecule has 0 saturated carbocycles. The minimum absolute atomic E-state index is 0.190. The summed E-state index contributed by atoms with van der Waals surface area (Å²) >= 11 is 1.73. The van der Waals surface area contributed by atoms with E-state index in [1.165, 1.54) is 15.5 Å². The van der Waals surface area contributed by atoms with E-state index < -0.39 is 0 Å². The zero-order chi connectivity index (χ0) is 12.1. The maximum atomic E-state index is 11.9. The Morgan fingerprint density at radius 3 is 2.89 bits per heavy atom. The van der Waals surface area contributed by atoms with Crippen molar-refractivity contribution < 1.29 is 9.53 Å². The molecule has 0 spiro atoms. The second-order valence-corrected chi connectivity index (χ2v) is 5.55. The lowest BCUT2D eigenvalue weighted by Crippen LogP contribution is -2.14. The third-order valence-electron chi connectivity index (χ3n) is 3.37. The number of fused-ring (bicyclic) bond motifs is 4. The first-order chi connectivity index (χ1) is 8.83. The third kappa shape index (κ3) is 1.31. The number of thiophene rings is 1. The third-order valence-corrected chi connectivity index (χ3v) is 4.50. The highest BCUT2D eigenvalue weighted by molar-refractivity contribution is 7.25. The zero-order valence-corrected chi connectivity index (χ0v) is 10.4. The number of benzene rings is 2. The summed E-state index contributed by atoms with van der Waals surface area (Å²) in [5, 5.41) is 2.42. The number of hydrogen-bond donors (Lipinski definition) is 0. The van der Waals surface area contributed by atoms with E-state index in [1.54, 1.807) is 11.3 Å². The Bertz CT molecular complexity index is 786. The minimum Gasteiger partial charge on any atom is -0.492 e. The summed E-state index contributed by atoms with van der Waals surface area (Å²) in [5.74, 6) is 0.929. The van der Waals surface area contributed by atoms with Crippen molar-refractivity contribution in [2.45, 2.75) is 6.42 Å². The highest BCUT2D eigenvalue weighted by Gasteiger charge is 2.20. The van der Waals surface area contributed by atoms with Gasteiger partial charge in [0.1, 0.15) is 5.75 Å². The lowest BCUT2D eigenvalue weighted by Gasteiger charge is -2.15. The molecule has 2 aromatic carbocycles. The van der Waals surface area contributed by atoms with E-state index >= 15 is 0 Å². The number of carbonyl (C=O) groups is 1. The van der Waals surface area contributed by atoms with Gasteiger partial charge in [0.05, 0.1) is 12.2 Å². The Morgan fingerprint density at radius 2 is 1.94 bits per heavy atom. The molecular formula is C15H10O2S. The number of ketones is 1. The van der Waals surface area contributed by atoms with Gasteiger partial charge < -0.3 is 4.74 Å². The van der Waals surface area contributed by atoms with Crippen LogP contribution in [0.3, 0.4) is 0 Å². The van der Waals surface area contributed by atoms with Gasteiger partial charge in [-0.05, 0) is 18.2 Å². The van der Waals surface area contributed by atoms with E-state index in [-0.39, 0.29) is 5.78 Å². The molecule has 2 nitrogen and oxygen atoms in total. The first-order valence-electron chi connectivity index (χ1n) is 5.94.